The van der Waals surface area contributed by atoms with Gasteiger partial charge in [-0.15, -0.1) is 0 Å². The van der Waals surface area contributed by atoms with Crippen molar-refractivity contribution >= 4 is 30.0 Å². The fourth-order valence-electron chi connectivity index (χ4n) is 3.14. The lowest BCUT2D eigenvalue weighted by atomic mass is 9.88. The number of hydrogen-bond acceptors (Lipinski definition) is 2. The SMILES string of the molecule is CC(=O)CC(CC(=O)[Si](C)(C)C(C)(C)C)c1cccc2ccccc12. The third-order valence-electron chi connectivity index (χ3n) is 5.80. The molecule has 0 radical (unpaired) electrons. The molecule has 0 amide bonds. The first-order valence-corrected chi connectivity index (χ1v) is 12.0. The third-order valence-corrected chi connectivity index (χ3v) is 11.1. The lowest BCUT2D eigenvalue weighted by Gasteiger charge is -2.36. The summed E-state index contributed by atoms with van der Waals surface area (Å²) in [5, 5.41) is 2.69. The maximum Gasteiger partial charge on any atom is 0.132 e. The predicted octanol–water partition coefficient (Wildman–Crippen LogP) is 5.91. The van der Waals surface area contributed by atoms with Crippen molar-refractivity contribution in [3.05, 3.63) is 48.0 Å². The molecule has 2 aromatic carbocycles. The Hall–Kier alpha value is -1.74. The summed E-state index contributed by atoms with van der Waals surface area (Å²) < 4.78 is 0. The zero-order valence-electron chi connectivity index (χ0n) is 16.3. The summed E-state index contributed by atoms with van der Waals surface area (Å²) in [6, 6.07) is 14.4. The molecule has 0 saturated heterocycles. The first kappa shape index (κ1) is 19.6. The summed E-state index contributed by atoms with van der Waals surface area (Å²) >= 11 is 0. The van der Waals surface area contributed by atoms with Crippen LogP contribution in [0.4, 0.5) is 0 Å². The summed E-state index contributed by atoms with van der Waals surface area (Å²) in [6.45, 7) is 12.4. The van der Waals surface area contributed by atoms with Crippen molar-refractivity contribution in [3.8, 4) is 0 Å². The summed E-state index contributed by atoms with van der Waals surface area (Å²) in [6.07, 6.45) is 0.887. The molecule has 0 heterocycles. The molecule has 0 spiro atoms. The number of carbonyl (C=O) groups excluding carboxylic acids is 2. The number of carbonyl (C=O) groups is 2. The van der Waals surface area contributed by atoms with Gasteiger partial charge in [-0.05, 0) is 34.2 Å². The number of benzene rings is 2. The van der Waals surface area contributed by atoms with Gasteiger partial charge in [0.05, 0.1) is 0 Å². The van der Waals surface area contributed by atoms with Crippen LogP contribution in [0.25, 0.3) is 10.8 Å². The Morgan fingerprint density at radius 3 is 2.16 bits per heavy atom. The average Bonchev–Trinajstić information content (AvgIpc) is 2.52. The molecule has 0 bridgehead atoms. The topological polar surface area (TPSA) is 34.1 Å². The van der Waals surface area contributed by atoms with Crippen molar-refractivity contribution in [2.24, 2.45) is 0 Å². The number of Topliss-reactive ketones (excluding diaryl/α,β-unsaturated/α-hetero) is 1. The second-order valence-electron chi connectivity index (χ2n) is 8.67. The van der Waals surface area contributed by atoms with Gasteiger partial charge < -0.3 is 9.59 Å². The molecular formula is C22H30O2Si. The second kappa shape index (κ2) is 7.25. The van der Waals surface area contributed by atoms with Gasteiger partial charge in [0, 0.05) is 12.8 Å². The highest BCUT2D eigenvalue weighted by Gasteiger charge is 2.42. The van der Waals surface area contributed by atoms with Gasteiger partial charge in [0.1, 0.15) is 19.3 Å². The smallest absolute Gasteiger partial charge is 0.132 e. The minimum atomic E-state index is -2.07. The first-order valence-electron chi connectivity index (χ1n) is 9.04. The molecule has 0 aliphatic rings. The number of rotatable bonds is 6. The standard InChI is InChI=1S/C22H30O2Si/c1-16(23)14-18(15-21(24)25(5,6)22(2,3)4)20-13-9-11-17-10-7-8-12-19(17)20/h7-13,18H,14-15H2,1-6H3. The van der Waals surface area contributed by atoms with E-state index < -0.39 is 8.07 Å². The Kier molecular flexibility index (Phi) is 5.67. The van der Waals surface area contributed by atoms with Crippen molar-refractivity contribution in [2.75, 3.05) is 0 Å². The van der Waals surface area contributed by atoms with Gasteiger partial charge in [-0.3, -0.25) is 0 Å². The van der Waals surface area contributed by atoms with Crippen molar-refractivity contribution in [1.82, 2.24) is 0 Å². The van der Waals surface area contributed by atoms with E-state index in [-0.39, 0.29) is 16.7 Å². The Balaban J connectivity index is 2.43. The lowest BCUT2D eigenvalue weighted by molar-refractivity contribution is -0.117. The van der Waals surface area contributed by atoms with E-state index >= 15 is 0 Å². The zero-order valence-corrected chi connectivity index (χ0v) is 17.3. The largest absolute Gasteiger partial charge is 0.305 e. The maximum atomic E-state index is 13.2. The second-order valence-corrected chi connectivity index (χ2v) is 14.0. The average molecular weight is 355 g/mol. The molecule has 3 heteroatoms. The highest BCUT2D eigenvalue weighted by atomic mass is 28.3. The van der Waals surface area contributed by atoms with E-state index in [4.69, 9.17) is 0 Å². The number of hydrogen-bond donors (Lipinski definition) is 0. The van der Waals surface area contributed by atoms with Gasteiger partial charge in [0.15, 0.2) is 0 Å². The zero-order chi connectivity index (χ0) is 18.8. The molecular weight excluding hydrogens is 324 g/mol. The van der Waals surface area contributed by atoms with Crippen LogP contribution >= 0.6 is 0 Å². The monoisotopic (exact) mass is 354 g/mol. The van der Waals surface area contributed by atoms with Crippen LogP contribution in [-0.2, 0) is 9.59 Å². The maximum absolute atomic E-state index is 13.2. The van der Waals surface area contributed by atoms with Gasteiger partial charge in [-0.1, -0.05) is 76.3 Å². The molecule has 0 aliphatic heterocycles. The minimum Gasteiger partial charge on any atom is -0.305 e. The van der Waals surface area contributed by atoms with E-state index in [0.717, 1.165) is 16.3 Å². The number of fused-ring (bicyclic) bond motifs is 1. The van der Waals surface area contributed by atoms with Crippen LogP contribution in [0, 0.1) is 0 Å². The van der Waals surface area contributed by atoms with Crippen LogP contribution < -0.4 is 0 Å². The third kappa shape index (κ3) is 4.27. The summed E-state index contributed by atoms with van der Waals surface area (Å²) in [5.74, 6) is 0.103. The predicted molar refractivity (Wildman–Crippen MR) is 109 cm³/mol. The molecule has 0 fully saturated rings. The molecule has 0 aliphatic carbocycles. The van der Waals surface area contributed by atoms with Crippen LogP contribution in [-0.4, -0.2) is 19.3 Å². The van der Waals surface area contributed by atoms with Crippen molar-refractivity contribution in [2.45, 2.75) is 64.6 Å². The van der Waals surface area contributed by atoms with Crippen molar-refractivity contribution in [1.29, 1.82) is 0 Å². The fourth-order valence-corrected chi connectivity index (χ4v) is 4.74. The molecule has 2 rings (SSSR count). The molecule has 0 saturated carbocycles. The van der Waals surface area contributed by atoms with Gasteiger partial charge in [-0.25, -0.2) is 0 Å². The molecule has 1 unspecified atom stereocenters. The minimum absolute atomic E-state index is 0.0175. The molecule has 25 heavy (non-hydrogen) atoms. The molecule has 0 N–H and O–H groups in total. The van der Waals surface area contributed by atoms with Crippen LogP contribution in [0.1, 0.15) is 52.0 Å². The van der Waals surface area contributed by atoms with E-state index in [0.29, 0.717) is 18.2 Å². The fraction of sp³-hybridized carbons (Fsp3) is 0.455. The normalized spacial score (nSPS) is 13.7. The van der Waals surface area contributed by atoms with Crippen LogP contribution in [0.5, 0.6) is 0 Å². The van der Waals surface area contributed by atoms with Gasteiger partial charge >= 0.3 is 0 Å². The molecule has 1 atom stereocenters. The van der Waals surface area contributed by atoms with E-state index in [1.807, 2.05) is 18.2 Å². The quantitative estimate of drug-likeness (QED) is 0.604. The van der Waals surface area contributed by atoms with Crippen molar-refractivity contribution in [3.63, 3.8) is 0 Å². The number of ketones is 1. The van der Waals surface area contributed by atoms with Gasteiger partial charge in [0.25, 0.3) is 0 Å². The van der Waals surface area contributed by atoms with E-state index in [1.165, 1.54) is 0 Å². The summed E-state index contributed by atoms with van der Waals surface area (Å²) in [4.78, 5) is 25.1. The molecule has 134 valence electrons. The van der Waals surface area contributed by atoms with Gasteiger partial charge in [-0.2, -0.15) is 0 Å². The Morgan fingerprint density at radius 2 is 1.56 bits per heavy atom. The van der Waals surface area contributed by atoms with Crippen LogP contribution in [0.3, 0.4) is 0 Å². The lowest BCUT2D eigenvalue weighted by Crippen LogP contribution is -2.46. The van der Waals surface area contributed by atoms with Crippen LogP contribution in [0.15, 0.2) is 42.5 Å². The Labute approximate surface area is 152 Å². The van der Waals surface area contributed by atoms with E-state index in [1.54, 1.807) is 6.92 Å². The highest BCUT2D eigenvalue weighted by molar-refractivity contribution is 7.06. The van der Waals surface area contributed by atoms with E-state index in [9.17, 15) is 9.59 Å². The molecule has 2 nitrogen and oxygen atoms in total. The summed E-state index contributed by atoms with van der Waals surface area (Å²) in [7, 11) is -2.07. The molecule has 0 aromatic heterocycles. The summed E-state index contributed by atoms with van der Waals surface area (Å²) in [5.41, 5.74) is 1.13. The first-order chi connectivity index (χ1) is 11.5. The van der Waals surface area contributed by atoms with Crippen LogP contribution in [0.2, 0.25) is 18.1 Å². The van der Waals surface area contributed by atoms with Gasteiger partial charge in [0.2, 0.25) is 0 Å². The van der Waals surface area contributed by atoms with E-state index in [2.05, 4.69) is 58.1 Å². The molecule has 2 aromatic rings. The van der Waals surface area contributed by atoms with Crippen molar-refractivity contribution < 1.29 is 9.59 Å². The Bertz CT molecular complexity index is 779. The Morgan fingerprint density at radius 1 is 0.960 bits per heavy atom. The highest BCUT2D eigenvalue weighted by Crippen LogP contribution is 2.39.